The van der Waals surface area contributed by atoms with Gasteiger partial charge in [-0.15, -0.1) is 0 Å². The van der Waals surface area contributed by atoms with Crippen LogP contribution in [0.4, 0.5) is 0 Å². The van der Waals surface area contributed by atoms with Gasteiger partial charge < -0.3 is 9.84 Å². The van der Waals surface area contributed by atoms with Crippen molar-refractivity contribution in [2.75, 3.05) is 7.11 Å². The minimum absolute atomic E-state index is 0.0610. The van der Waals surface area contributed by atoms with Crippen LogP contribution >= 0.6 is 11.6 Å². The van der Waals surface area contributed by atoms with Gasteiger partial charge in [0.1, 0.15) is 11.5 Å². The van der Waals surface area contributed by atoms with E-state index in [9.17, 15) is 18.3 Å². The minimum atomic E-state index is -3.65. The number of carbonyl (C=O) groups excluding carboxylic acids is 1. The van der Waals surface area contributed by atoms with Crippen LogP contribution in [0.3, 0.4) is 0 Å². The smallest absolute Gasteiger partial charge is 0.240 e. The molecule has 37 heavy (non-hydrogen) atoms. The predicted molar refractivity (Wildman–Crippen MR) is 143 cm³/mol. The van der Waals surface area contributed by atoms with E-state index in [1.54, 1.807) is 43.5 Å². The molecule has 2 aliphatic carbocycles. The van der Waals surface area contributed by atoms with Crippen molar-refractivity contribution in [3.05, 3.63) is 99.8 Å². The number of Topliss-reactive ketones (excluding diaryl/α,β-unsaturated/α-hetero) is 1. The maximum absolute atomic E-state index is 12.8. The third-order valence-electron chi connectivity index (χ3n) is 7.22. The second kappa shape index (κ2) is 10.3. The number of rotatable bonds is 7. The van der Waals surface area contributed by atoms with Crippen LogP contribution in [0.15, 0.2) is 77.4 Å². The molecule has 0 aliphatic heterocycles. The zero-order valence-electron chi connectivity index (χ0n) is 20.4. The largest absolute Gasteiger partial charge is 0.511 e. The van der Waals surface area contributed by atoms with Crippen molar-refractivity contribution in [1.82, 2.24) is 4.72 Å². The fourth-order valence-corrected chi connectivity index (χ4v) is 6.75. The number of halogens is 1. The molecule has 2 aliphatic rings. The Morgan fingerprint density at radius 3 is 2.46 bits per heavy atom. The number of ketones is 1. The molecule has 0 saturated heterocycles. The summed E-state index contributed by atoms with van der Waals surface area (Å²) >= 11 is 5.90. The zero-order chi connectivity index (χ0) is 26.2. The van der Waals surface area contributed by atoms with Crippen molar-refractivity contribution >= 4 is 33.0 Å². The first-order valence-electron chi connectivity index (χ1n) is 12.2. The Labute approximate surface area is 222 Å². The summed E-state index contributed by atoms with van der Waals surface area (Å²) in [6.07, 6.45) is 2.79. The van der Waals surface area contributed by atoms with E-state index in [0.717, 1.165) is 17.5 Å². The molecule has 0 aromatic heterocycles. The van der Waals surface area contributed by atoms with Crippen LogP contribution in [0.1, 0.15) is 35.1 Å². The third-order valence-corrected chi connectivity index (χ3v) is 9.01. The predicted octanol–water partition coefficient (Wildman–Crippen LogP) is 5.29. The van der Waals surface area contributed by atoms with E-state index in [0.29, 0.717) is 41.2 Å². The first-order valence-corrected chi connectivity index (χ1v) is 14.1. The number of methoxy groups -OCH3 is 1. The van der Waals surface area contributed by atoms with Gasteiger partial charge in [0.15, 0.2) is 5.78 Å². The summed E-state index contributed by atoms with van der Waals surface area (Å²) < 4.78 is 33.7. The van der Waals surface area contributed by atoms with Gasteiger partial charge >= 0.3 is 0 Å². The zero-order valence-corrected chi connectivity index (χ0v) is 22.0. The Kier molecular flexibility index (Phi) is 7.12. The van der Waals surface area contributed by atoms with E-state index >= 15 is 0 Å². The van der Waals surface area contributed by atoms with Crippen molar-refractivity contribution in [3.63, 3.8) is 0 Å². The molecule has 192 valence electrons. The number of carbonyl (C=O) groups is 1. The number of allylic oxidation sites excluding steroid dienone is 2. The van der Waals surface area contributed by atoms with E-state index in [2.05, 4.69) is 4.72 Å². The molecule has 0 amide bonds. The van der Waals surface area contributed by atoms with Gasteiger partial charge in [0.05, 0.1) is 17.6 Å². The molecule has 0 spiro atoms. The van der Waals surface area contributed by atoms with Gasteiger partial charge in [0.25, 0.3) is 0 Å². The molecular weight excluding hydrogens is 510 g/mol. The second-order valence-electron chi connectivity index (χ2n) is 9.59. The van der Waals surface area contributed by atoms with Crippen LogP contribution in [0, 0.1) is 5.92 Å². The summed E-state index contributed by atoms with van der Waals surface area (Å²) in [5, 5.41) is 11.5. The maximum Gasteiger partial charge on any atom is 0.240 e. The van der Waals surface area contributed by atoms with E-state index in [1.165, 1.54) is 17.7 Å². The Hall–Kier alpha value is -3.13. The Morgan fingerprint density at radius 2 is 1.76 bits per heavy atom. The second-order valence-corrected chi connectivity index (χ2v) is 11.7. The summed E-state index contributed by atoms with van der Waals surface area (Å²) in [6, 6.07) is 19.1. The van der Waals surface area contributed by atoms with Crippen molar-refractivity contribution in [2.45, 2.75) is 43.0 Å². The standard InChI is InChI=1S/C29H28ClNO5S/c1-36-24-10-5-18(6-11-24)28-27(32)17-21(29(28)33)15-19-3-2-4-20-16-23(9-14-26(19)20)31-37(34,35)25-12-7-22(30)8-13-25/h2-8,10-13,21,23,31,33H,9,14-17H2,1H3. The van der Waals surface area contributed by atoms with E-state index in [1.807, 2.05) is 18.2 Å². The number of aliphatic hydroxyl groups is 1. The van der Waals surface area contributed by atoms with Crippen molar-refractivity contribution in [3.8, 4) is 5.75 Å². The summed E-state index contributed by atoms with van der Waals surface area (Å²) in [6.45, 7) is 0. The number of benzene rings is 3. The lowest BCUT2D eigenvalue weighted by Gasteiger charge is -2.27. The SMILES string of the molecule is COc1ccc(C2=C(O)C(Cc3cccc4c3CCC(NS(=O)(=O)c3ccc(Cl)cc3)C4)CC2=O)cc1. The molecule has 3 aromatic rings. The van der Waals surface area contributed by atoms with Crippen LogP contribution in [0.2, 0.25) is 5.02 Å². The summed E-state index contributed by atoms with van der Waals surface area (Å²) in [5.41, 5.74) is 4.45. The number of nitrogens with one attached hydrogen (secondary N) is 1. The van der Waals surface area contributed by atoms with Gasteiger partial charge in [-0.3, -0.25) is 4.79 Å². The first kappa shape index (κ1) is 25.5. The average molecular weight is 538 g/mol. The summed E-state index contributed by atoms with van der Waals surface area (Å²) in [7, 11) is -2.07. The lowest BCUT2D eigenvalue weighted by molar-refractivity contribution is -0.113. The molecular formula is C29H28ClNO5S. The Balaban J connectivity index is 1.32. The van der Waals surface area contributed by atoms with Crippen molar-refractivity contribution in [1.29, 1.82) is 0 Å². The maximum atomic E-state index is 12.8. The molecule has 0 bridgehead atoms. The molecule has 5 rings (SSSR count). The number of sulfonamides is 1. The first-order chi connectivity index (χ1) is 17.7. The van der Waals surface area contributed by atoms with E-state index in [4.69, 9.17) is 16.3 Å². The molecule has 0 radical (unpaired) electrons. The summed E-state index contributed by atoms with van der Waals surface area (Å²) in [5.74, 6) is 0.485. The van der Waals surface area contributed by atoms with Crippen LogP contribution in [0.25, 0.3) is 5.57 Å². The molecule has 2 unspecified atom stereocenters. The minimum Gasteiger partial charge on any atom is -0.511 e. The number of hydrogen-bond acceptors (Lipinski definition) is 5. The number of hydrogen-bond donors (Lipinski definition) is 2. The fraction of sp³-hybridized carbons (Fsp3) is 0.276. The lowest BCUT2D eigenvalue weighted by Crippen LogP contribution is -2.39. The van der Waals surface area contributed by atoms with E-state index in [-0.39, 0.29) is 34.8 Å². The molecule has 0 saturated carbocycles. The van der Waals surface area contributed by atoms with Crippen molar-refractivity contribution in [2.24, 2.45) is 5.92 Å². The van der Waals surface area contributed by atoms with Gasteiger partial charge in [-0.1, -0.05) is 41.9 Å². The number of ether oxygens (including phenoxy) is 1. The van der Waals surface area contributed by atoms with Crippen LogP contribution in [-0.2, 0) is 34.1 Å². The van der Waals surface area contributed by atoms with E-state index < -0.39 is 10.0 Å². The van der Waals surface area contributed by atoms with Crippen LogP contribution < -0.4 is 9.46 Å². The highest BCUT2D eigenvalue weighted by Crippen LogP contribution is 2.38. The van der Waals surface area contributed by atoms with Gasteiger partial charge in [-0.2, -0.15) is 0 Å². The quantitative estimate of drug-likeness (QED) is 0.427. The van der Waals surface area contributed by atoms with Gasteiger partial charge in [0.2, 0.25) is 10.0 Å². The normalized spacial score (nSPS) is 19.7. The molecule has 0 heterocycles. The van der Waals surface area contributed by atoms with Gasteiger partial charge in [-0.25, -0.2) is 13.1 Å². The topological polar surface area (TPSA) is 92.7 Å². The van der Waals surface area contributed by atoms with Gasteiger partial charge in [-0.05, 0) is 84.3 Å². The fourth-order valence-electron chi connectivity index (χ4n) is 5.35. The lowest BCUT2D eigenvalue weighted by atomic mass is 9.83. The monoisotopic (exact) mass is 537 g/mol. The van der Waals surface area contributed by atoms with Crippen molar-refractivity contribution < 1.29 is 23.1 Å². The number of aliphatic hydroxyl groups excluding tert-OH is 1. The summed E-state index contributed by atoms with van der Waals surface area (Å²) in [4.78, 5) is 13.0. The Morgan fingerprint density at radius 1 is 1.03 bits per heavy atom. The Bertz CT molecular complexity index is 1460. The number of fused-ring (bicyclic) bond motifs is 1. The van der Waals surface area contributed by atoms with Gasteiger partial charge in [0, 0.05) is 23.4 Å². The highest BCUT2D eigenvalue weighted by molar-refractivity contribution is 7.89. The molecule has 3 aromatic carbocycles. The molecule has 2 atom stereocenters. The average Bonchev–Trinajstić information content (AvgIpc) is 3.16. The highest BCUT2D eigenvalue weighted by Gasteiger charge is 2.34. The molecule has 6 nitrogen and oxygen atoms in total. The molecule has 8 heteroatoms. The van der Waals surface area contributed by atoms with Crippen LogP contribution in [-0.4, -0.2) is 32.5 Å². The molecule has 0 fully saturated rings. The third kappa shape index (κ3) is 5.30. The van der Waals surface area contributed by atoms with Crippen LogP contribution in [0.5, 0.6) is 5.75 Å². The molecule has 2 N–H and O–H groups in total. The highest BCUT2D eigenvalue weighted by atomic mass is 35.5.